The Bertz CT molecular complexity index is 886. The molecule has 0 aromatic rings. The number of unbranched alkanes of at least 4 members (excludes halogenated alkanes) is 22. The van der Waals surface area contributed by atoms with Gasteiger partial charge in [-0.2, -0.15) is 0 Å². The summed E-state index contributed by atoms with van der Waals surface area (Å²) in [6.07, 6.45) is 39.9. The molecule has 1 heterocycles. The van der Waals surface area contributed by atoms with Crippen LogP contribution in [0, 0.1) is 5.92 Å². The van der Waals surface area contributed by atoms with E-state index in [0.717, 1.165) is 38.8 Å². The van der Waals surface area contributed by atoms with Gasteiger partial charge >= 0.3 is 5.97 Å². The van der Waals surface area contributed by atoms with Crippen LogP contribution in [0.3, 0.4) is 0 Å². The lowest BCUT2D eigenvalue weighted by Gasteiger charge is -2.29. The molecule has 1 N–H and O–H groups in total. The smallest absolute Gasteiger partial charge is 0.307 e. The topological polar surface area (TPSA) is 67.9 Å². The lowest BCUT2D eigenvalue weighted by molar-refractivity contribution is -0.147. The standard InChI is InChI=1S/C47H90N2O4/c1-7-11-13-15-17-19-21-23-24-25-27-29-31-33-35-37-44(50)48-43(41-52-45(51)38-39-49(9-3)10-4)46-42(40-47(5,6)53-46)36-34-32-30-28-26-22-20-18-16-14-12-8-2/h23-24,42-43,46H,7-22,25-41H2,1-6H3,(H,48,50)/b24-23-/t42-,43-,46+/m0/s1. The van der Waals surface area contributed by atoms with Gasteiger partial charge in [0.2, 0.25) is 5.91 Å². The van der Waals surface area contributed by atoms with Crippen molar-refractivity contribution in [2.45, 2.75) is 245 Å². The molecule has 6 heteroatoms. The van der Waals surface area contributed by atoms with Crippen LogP contribution in [-0.4, -0.2) is 60.8 Å². The van der Waals surface area contributed by atoms with Crippen molar-refractivity contribution < 1.29 is 19.1 Å². The van der Waals surface area contributed by atoms with Gasteiger partial charge in [0, 0.05) is 13.0 Å². The highest BCUT2D eigenvalue weighted by Crippen LogP contribution is 2.39. The minimum absolute atomic E-state index is 0.0595. The van der Waals surface area contributed by atoms with Gasteiger partial charge in [0.15, 0.2) is 0 Å². The van der Waals surface area contributed by atoms with Gasteiger partial charge in [-0.1, -0.05) is 168 Å². The quantitative estimate of drug-likeness (QED) is 0.0389. The summed E-state index contributed by atoms with van der Waals surface area (Å²) in [5.74, 6) is 0.222. The molecule has 1 fully saturated rings. The molecule has 53 heavy (non-hydrogen) atoms. The van der Waals surface area contributed by atoms with Crippen molar-refractivity contribution >= 4 is 11.9 Å². The van der Waals surface area contributed by atoms with Crippen molar-refractivity contribution in [1.29, 1.82) is 0 Å². The number of esters is 1. The molecule has 0 bridgehead atoms. The van der Waals surface area contributed by atoms with E-state index < -0.39 is 0 Å². The third kappa shape index (κ3) is 27.8. The summed E-state index contributed by atoms with van der Waals surface area (Å²) < 4.78 is 12.5. The van der Waals surface area contributed by atoms with Gasteiger partial charge in [-0.05, 0) is 77.8 Å². The van der Waals surface area contributed by atoms with Gasteiger partial charge in [-0.15, -0.1) is 0 Å². The number of carbonyl (C=O) groups is 2. The van der Waals surface area contributed by atoms with E-state index in [1.807, 2.05) is 0 Å². The number of nitrogens with zero attached hydrogens (tertiary/aromatic N) is 1. The molecular formula is C47H90N2O4. The first kappa shape index (κ1) is 49.6. The van der Waals surface area contributed by atoms with Gasteiger partial charge < -0.3 is 19.7 Å². The van der Waals surface area contributed by atoms with Gasteiger partial charge in [0.25, 0.3) is 0 Å². The molecule has 1 amide bonds. The Kier molecular flexibility index (Phi) is 31.7. The van der Waals surface area contributed by atoms with Crippen LogP contribution in [0.15, 0.2) is 12.2 Å². The zero-order chi connectivity index (χ0) is 38.8. The maximum absolute atomic E-state index is 13.3. The Morgan fingerprint density at radius 2 is 1.15 bits per heavy atom. The highest BCUT2D eigenvalue weighted by molar-refractivity contribution is 5.76. The summed E-state index contributed by atoms with van der Waals surface area (Å²) in [6.45, 7) is 15.9. The van der Waals surface area contributed by atoms with Crippen LogP contribution in [0.4, 0.5) is 0 Å². The molecule has 1 saturated heterocycles. The summed E-state index contributed by atoms with van der Waals surface area (Å²) in [6, 6.07) is -0.313. The molecule has 0 radical (unpaired) electrons. The monoisotopic (exact) mass is 747 g/mol. The van der Waals surface area contributed by atoms with Crippen molar-refractivity contribution in [2.75, 3.05) is 26.2 Å². The van der Waals surface area contributed by atoms with Gasteiger partial charge in [-0.25, -0.2) is 0 Å². The van der Waals surface area contributed by atoms with Gasteiger partial charge in [0.1, 0.15) is 6.61 Å². The lowest BCUT2D eigenvalue weighted by Crippen LogP contribution is -2.49. The van der Waals surface area contributed by atoms with E-state index in [4.69, 9.17) is 9.47 Å². The van der Waals surface area contributed by atoms with Crippen LogP contribution in [0.1, 0.15) is 228 Å². The fraction of sp³-hybridized carbons (Fsp3) is 0.915. The number of rotatable bonds is 37. The predicted octanol–water partition coefficient (Wildman–Crippen LogP) is 13.1. The molecule has 6 nitrogen and oxygen atoms in total. The zero-order valence-corrected chi connectivity index (χ0v) is 36.3. The largest absolute Gasteiger partial charge is 0.463 e. The Balaban J connectivity index is 2.52. The zero-order valence-electron chi connectivity index (χ0n) is 36.3. The second kappa shape index (κ2) is 33.9. The summed E-state index contributed by atoms with van der Waals surface area (Å²) >= 11 is 0. The van der Waals surface area contributed by atoms with Crippen molar-refractivity contribution in [2.24, 2.45) is 5.92 Å². The molecule has 0 aliphatic carbocycles. The van der Waals surface area contributed by atoms with Crippen LogP contribution >= 0.6 is 0 Å². The van der Waals surface area contributed by atoms with E-state index in [-0.39, 0.29) is 36.2 Å². The van der Waals surface area contributed by atoms with E-state index in [0.29, 0.717) is 25.3 Å². The second-order valence-corrected chi connectivity index (χ2v) is 17.0. The number of hydrogen-bond acceptors (Lipinski definition) is 5. The predicted molar refractivity (Wildman–Crippen MR) is 228 cm³/mol. The van der Waals surface area contributed by atoms with Crippen molar-refractivity contribution in [3.05, 3.63) is 12.2 Å². The first-order chi connectivity index (χ1) is 25.8. The number of nitrogens with one attached hydrogen (secondary N) is 1. The van der Waals surface area contributed by atoms with E-state index in [1.165, 1.54) is 148 Å². The SMILES string of the molecule is CCCCCCCC/C=C\CCCCCCCC(=O)N[C@@H](COC(=O)CCN(CC)CC)[C@@H]1OC(C)(C)C[C@@H]1CCCCCCCCCCCCCC. The lowest BCUT2D eigenvalue weighted by atomic mass is 9.86. The Labute approximate surface area is 330 Å². The molecule has 0 unspecified atom stereocenters. The summed E-state index contributed by atoms with van der Waals surface area (Å²) in [5, 5.41) is 3.30. The Morgan fingerprint density at radius 3 is 1.66 bits per heavy atom. The van der Waals surface area contributed by atoms with Crippen LogP contribution in [-0.2, 0) is 19.1 Å². The number of amides is 1. The molecule has 0 aromatic carbocycles. The fourth-order valence-corrected chi connectivity index (χ4v) is 8.08. The molecule has 1 aliphatic heterocycles. The second-order valence-electron chi connectivity index (χ2n) is 17.0. The first-order valence-corrected chi connectivity index (χ1v) is 23.3. The summed E-state index contributed by atoms with van der Waals surface area (Å²) in [4.78, 5) is 28.4. The molecule has 1 rings (SSSR count). The number of hydrogen-bond donors (Lipinski definition) is 1. The minimum atomic E-state index is -0.313. The molecule has 312 valence electrons. The van der Waals surface area contributed by atoms with E-state index in [9.17, 15) is 9.59 Å². The Morgan fingerprint density at radius 1 is 0.679 bits per heavy atom. The third-order valence-corrected chi connectivity index (χ3v) is 11.5. The van der Waals surface area contributed by atoms with E-state index >= 15 is 0 Å². The average Bonchev–Trinajstić information content (AvgIpc) is 3.46. The molecule has 0 aromatic heterocycles. The van der Waals surface area contributed by atoms with Crippen LogP contribution in [0.5, 0.6) is 0 Å². The summed E-state index contributed by atoms with van der Waals surface area (Å²) in [5.41, 5.74) is -0.244. The highest BCUT2D eigenvalue weighted by atomic mass is 16.5. The van der Waals surface area contributed by atoms with Crippen LogP contribution in [0.25, 0.3) is 0 Å². The fourth-order valence-electron chi connectivity index (χ4n) is 8.08. The molecular weight excluding hydrogens is 657 g/mol. The van der Waals surface area contributed by atoms with E-state index in [1.54, 1.807) is 0 Å². The van der Waals surface area contributed by atoms with Crippen LogP contribution in [0.2, 0.25) is 0 Å². The first-order valence-electron chi connectivity index (χ1n) is 23.3. The highest BCUT2D eigenvalue weighted by Gasteiger charge is 2.44. The average molecular weight is 747 g/mol. The summed E-state index contributed by atoms with van der Waals surface area (Å²) in [7, 11) is 0. The number of ether oxygens (including phenoxy) is 2. The van der Waals surface area contributed by atoms with Crippen molar-refractivity contribution in [1.82, 2.24) is 10.2 Å². The number of allylic oxidation sites excluding steroid dienone is 2. The van der Waals surface area contributed by atoms with E-state index in [2.05, 4.69) is 63.9 Å². The molecule has 0 spiro atoms. The Hall–Kier alpha value is -1.40. The number of carbonyl (C=O) groups excluding carboxylic acids is 2. The maximum atomic E-state index is 13.3. The normalized spacial score (nSPS) is 17.6. The molecule has 1 aliphatic rings. The van der Waals surface area contributed by atoms with Gasteiger partial charge in [-0.3, -0.25) is 9.59 Å². The third-order valence-electron chi connectivity index (χ3n) is 11.5. The van der Waals surface area contributed by atoms with Gasteiger partial charge in [0.05, 0.1) is 24.2 Å². The maximum Gasteiger partial charge on any atom is 0.307 e. The molecule has 0 saturated carbocycles. The van der Waals surface area contributed by atoms with Crippen molar-refractivity contribution in [3.8, 4) is 0 Å². The minimum Gasteiger partial charge on any atom is -0.463 e. The molecule has 3 atom stereocenters. The van der Waals surface area contributed by atoms with Crippen molar-refractivity contribution in [3.63, 3.8) is 0 Å². The van der Waals surface area contributed by atoms with Crippen LogP contribution < -0.4 is 5.32 Å².